The maximum absolute atomic E-state index is 12.4. The molecule has 0 aromatic heterocycles. The Balaban J connectivity index is 1.62. The van der Waals surface area contributed by atoms with Gasteiger partial charge < -0.3 is 10.0 Å². The Bertz CT molecular complexity index is 615. The average molecular weight is 313 g/mol. The lowest BCUT2D eigenvalue weighted by molar-refractivity contribution is -0.130. The van der Waals surface area contributed by atoms with E-state index in [1.807, 2.05) is 30.3 Å². The number of benzene rings is 1. The highest BCUT2D eigenvalue weighted by molar-refractivity contribution is 6.07. The first-order valence-electron chi connectivity index (χ1n) is 8.47. The van der Waals surface area contributed by atoms with Crippen molar-refractivity contribution < 1.29 is 14.7 Å². The van der Waals surface area contributed by atoms with Crippen molar-refractivity contribution in [3.05, 3.63) is 47.2 Å². The van der Waals surface area contributed by atoms with Gasteiger partial charge in [0.05, 0.1) is 12.1 Å². The first-order valence-corrected chi connectivity index (χ1v) is 8.47. The molecule has 1 heterocycles. The Morgan fingerprint density at radius 3 is 2.52 bits per heavy atom. The number of carbonyl (C=O) groups excluding carboxylic acids is 2. The molecule has 3 rings (SSSR count). The Morgan fingerprint density at radius 2 is 1.83 bits per heavy atom. The van der Waals surface area contributed by atoms with Crippen LogP contribution in [0.2, 0.25) is 0 Å². The number of carbonyl (C=O) groups is 2. The van der Waals surface area contributed by atoms with E-state index in [1.165, 1.54) is 6.42 Å². The predicted molar refractivity (Wildman–Crippen MR) is 88.0 cm³/mol. The summed E-state index contributed by atoms with van der Waals surface area (Å²) in [6.45, 7) is 0.281. The maximum Gasteiger partial charge on any atom is 0.289 e. The van der Waals surface area contributed by atoms with E-state index in [-0.39, 0.29) is 30.0 Å². The van der Waals surface area contributed by atoms with Crippen LogP contribution in [0.1, 0.15) is 44.1 Å². The van der Waals surface area contributed by atoms with Gasteiger partial charge in [0.1, 0.15) is 0 Å². The number of rotatable bonds is 5. The van der Waals surface area contributed by atoms with E-state index in [0.29, 0.717) is 18.4 Å². The SMILES string of the molecule is O=C(CCc1ccccc1)C1=C(O)C(=O)N(C2CCCCC2)C1. The molecule has 1 fully saturated rings. The number of hydrogen-bond acceptors (Lipinski definition) is 3. The van der Waals surface area contributed by atoms with Crippen LogP contribution in [0.4, 0.5) is 0 Å². The van der Waals surface area contributed by atoms with E-state index in [2.05, 4.69) is 0 Å². The Morgan fingerprint density at radius 1 is 1.13 bits per heavy atom. The highest BCUT2D eigenvalue weighted by atomic mass is 16.3. The fraction of sp³-hybridized carbons (Fsp3) is 0.474. The molecule has 0 saturated heterocycles. The Labute approximate surface area is 136 Å². The van der Waals surface area contributed by atoms with Gasteiger partial charge in [-0.3, -0.25) is 9.59 Å². The number of Topliss-reactive ketones (excluding diaryl/α,β-unsaturated/α-hetero) is 1. The highest BCUT2D eigenvalue weighted by Gasteiger charge is 2.37. The Kier molecular flexibility index (Phi) is 4.79. The van der Waals surface area contributed by atoms with E-state index in [1.54, 1.807) is 4.90 Å². The third-order valence-corrected chi connectivity index (χ3v) is 4.91. The van der Waals surface area contributed by atoms with Crippen LogP contribution in [0, 0.1) is 0 Å². The number of aryl methyl sites for hydroxylation is 1. The molecule has 4 heteroatoms. The molecule has 1 aliphatic carbocycles. The van der Waals surface area contributed by atoms with Crippen molar-refractivity contribution in [1.82, 2.24) is 4.90 Å². The third kappa shape index (κ3) is 3.46. The van der Waals surface area contributed by atoms with Crippen LogP contribution in [-0.2, 0) is 16.0 Å². The number of hydrogen-bond donors (Lipinski definition) is 1. The molecular weight excluding hydrogens is 290 g/mol. The zero-order valence-electron chi connectivity index (χ0n) is 13.3. The minimum Gasteiger partial charge on any atom is -0.503 e. The van der Waals surface area contributed by atoms with E-state index < -0.39 is 0 Å². The predicted octanol–water partition coefficient (Wildman–Crippen LogP) is 3.18. The highest BCUT2D eigenvalue weighted by Crippen LogP contribution is 2.29. The Hall–Kier alpha value is -2.10. The number of amides is 1. The second-order valence-electron chi connectivity index (χ2n) is 6.46. The van der Waals surface area contributed by atoms with E-state index in [0.717, 1.165) is 31.2 Å². The molecular formula is C19H23NO3. The van der Waals surface area contributed by atoms with Crippen LogP contribution in [0.3, 0.4) is 0 Å². The fourth-order valence-electron chi connectivity index (χ4n) is 3.54. The lowest BCUT2D eigenvalue weighted by Gasteiger charge is -2.31. The van der Waals surface area contributed by atoms with Crippen LogP contribution in [-0.4, -0.2) is 34.3 Å². The molecule has 0 spiro atoms. The maximum atomic E-state index is 12.4. The smallest absolute Gasteiger partial charge is 0.289 e. The molecule has 2 aliphatic rings. The summed E-state index contributed by atoms with van der Waals surface area (Å²) in [6.07, 6.45) is 6.36. The molecule has 0 unspecified atom stereocenters. The van der Waals surface area contributed by atoms with Gasteiger partial charge in [-0.2, -0.15) is 0 Å². The fourth-order valence-corrected chi connectivity index (χ4v) is 3.54. The summed E-state index contributed by atoms with van der Waals surface area (Å²) < 4.78 is 0. The molecule has 0 radical (unpaired) electrons. The summed E-state index contributed by atoms with van der Waals surface area (Å²) in [7, 11) is 0. The van der Waals surface area contributed by atoms with Crippen molar-refractivity contribution in [1.29, 1.82) is 0 Å². The van der Waals surface area contributed by atoms with Gasteiger partial charge in [0.2, 0.25) is 0 Å². The van der Waals surface area contributed by atoms with Crippen LogP contribution in [0.15, 0.2) is 41.7 Å². The molecule has 1 aromatic carbocycles. The van der Waals surface area contributed by atoms with Gasteiger partial charge >= 0.3 is 0 Å². The summed E-state index contributed by atoms with van der Waals surface area (Å²) in [4.78, 5) is 26.4. The van der Waals surface area contributed by atoms with Crippen LogP contribution >= 0.6 is 0 Å². The lowest BCUT2D eigenvalue weighted by Crippen LogP contribution is -2.39. The van der Waals surface area contributed by atoms with E-state index >= 15 is 0 Å². The lowest BCUT2D eigenvalue weighted by atomic mass is 9.94. The van der Waals surface area contributed by atoms with Gasteiger partial charge in [-0.1, -0.05) is 49.6 Å². The van der Waals surface area contributed by atoms with Gasteiger partial charge in [-0.15, -0.1) is 0 Å². The number of ketones is 1. The van der Waals surface area contributed by atoms with Gasteiger partial charge in [0.15, 0.2) is 11.5 Å². The zero-order valence-corrected chi connectivity index (χ0v) is 13.3. The summed E-state index contributed by atoms with van der Waals surface area (Å²) in [6, 6.07) is 9.97. The largest absolute Gasteiger partial charge is 0.503 e. The van der Waals surface area contributed by atoms with Crippen LogP contribution in [0.5, 0.6) is 0 Å². The minimum absolute atomic E-state index is 0.113. The molecule has 1 saturated carbocycles. The van der Waals surface area contributed by atoms with Crippen molar-refractivity contribution in [3.8, 4) is 0 Å². The monoisotopic (exact) mass is 313 g/mol. The molecule has 0 atom stereocenters. The van der Waals surface area contributed by atoms with Gasteiger partial charge in [-0.05, 0) is 24.8 Å². The molecule has 1 amide bonds. The molecule has 1 aliphatic heterocycles. The topological polar surface area (TPSA) is 57.6 Å². The first-order chi connectivity index (χ1) is 11.2. The number of aliphatic hydroxyl groups is 1. The summed E-state index contributed by atoms with van der Waals surface area (Å²) in [5, 5.41) is 10.1. The van der Waals surface area contributed by atoms with Crippen molar-refractivity contribution in [3.63, 3.8) is 0 Å². The molecule has 1 N–H and O–H groups in total. The van der Waals surface area contributed by atoms with Crippen molar-refractivity contribution >= 4 is 11.7 Å². The van der Waals surface area contributed by atoms with E-state index in [4.69, 9.17) is 0 Å². The number of nitrogens with zero attached hydrogens (tertiary/aromatic N) is 1. The van der Waals surface area contributed by atoms with E-state index in [9.17, 15) is 14.7 Å². The third-order valence-electron chi connectivity index (χ3n) is 4.91. The minimum atomic E-state index is -0.361. The standard InChI is InChI=1S/C19H23NO3/c21-17(12-11-14-7-3-1-4-8-14)16-13-20(19(23)18(16)22)15-9-5-2-6-10-15/h1,3-4,7-8,15,22H,2,5-6,9-13H2. The molecule has 4 nitrogen and oxygen atoms in total. The summed E-state index contributed by atoms with van der Waals surface area (Å²) >= 11 is 0. The van der Waals surface area contributed by atoms with Gasteiger partial charge in [-0.25, -0.2) is 0 Å². The van der Waals surface area contributed by atoms with Crippen LogP contribution < -0.4 is 0 Å². The molecule has 23 heavy (non-hydrogen) atoms. The second-order valence-corrected chi connectivity index (χ2v) is 6.46. The van der Waals surface area contributed by atoms with Gasteiger partial charge in [0, 0.05) is 12.5 Å². The quantitative estimate of drug-likeness (QED) is 0.908. The van der Waals surface area contributed by atoms with Crippen molar-refractivity contribution in [2.24, 2.45) is 0 Å². The average Bonchev–Trinajstić information content (AvgIpc) is 2.90. The molecule has 1 aromatic rings. The first kappa shape index (κ1) is 15.8. The number of aliphatic hydroxyl groups excluding tert-OH is 1. The van der Waals surface area contributed by atoms with Crippen molar-refractivity contribution in [2.45, 2.75) is 51.0 Å². The normalized spacial score (nSPS) is 19.5. The zero-order chi connectivity index (χ0) is 16.2. The van der Waals surface area contributed by atoms with Gasteiger partial charge in [0.25, 0.3) is 5.91 Å². The molecule has 0 bridgehead atoms. The molecule has 122 valence electrons. The van der Waals surface area contributed by atoms with Crippen LogP contribution in [0.25, 0.3) is 0 Å². The summed E-state index contributed by atoms with van der Waals surface area (Å²) in [5.41, 5.74) is 1.39. The summed E-state index contributed by atoms with van der Waals surface area (Å²) in [5.74, 6) is -0.799. The van der Waals surface area contributed by atoms with Crippen molar-refractivity contribution in [2.75, 3.05) is 6.54 Å². The second kappa shape index (κ2) is 6.99.